The number of carbonyl (C=O) groups excluding carboxylic acids is 2. The second kappa shape index (κ2) is 10.0. The second-order valence-corrected chi connectivity index (χ2v) is 7.63. The van der Waals surface area contributed by atoms with E-state index in [9.17, 15) is 9.59 Å². The van der Waals surface area contributed by atoms with Gasteiger partial charge in [-0.15, -0.1) is 0 Å². The van der Waals surface area contributed by atoms with Crippen LogP contribution in [0.25, 0.3) is 0 Å². The highest BCUT2D eigenvalue weighted by Crippen LogP contribution is 2.44. The smallest absolute Gasteiger partial charge is 0.336 e. The number of nitrogens with one attached hydrogen (secondary N) is 2. The summed E-state index contributed by atoms with van der Waals surface area (Å²) in [5.74, 6) is -1.51. The van der Waals surface area contributed by atoms with E-state index >= 15 is 0 Å². The largest absolute Gasteiger partial charge is 0.466 e. The summed E-state index contributed by atoms with van der Waals surface area (Å²) in [5, 5.41) is 3.58. The van der Waals surface area contributed by atoms with Gasteiger partial charge in [-0.1, -0.05) is 29.8 Å². The third-order valence-corrected chi connectivity index (χ3v) is 5.52. The van der Waals surface area contributed by atoms with Crippen molar-refractivity contribution in [1.82, 2.24) is 15.3 Å². The predicted molar refractivity (Wildman–Crippen MR) is 119 cm³/mol. The molecular formula is C23H26ClN3O5. The molecule has 2 aromatic rings. The van der Waals surface area contributed by atoms with Crippen LogP contribution in [0.5, 0.6) is 0 Å². The van der Waals surface area contributed by atoms with Gasteiger partial charge in [-0.3, -0.25) is 0 Å². The summed E-state index contributed by atoms with van der Waals surface area (Å²) in [5.41, 5.74) is 2.79. The molecule has 2 heterocycles. The van der Waals surface area contributed by atoms with Crippen LogP contribution in [0.4, 0.5) is 0 Å². The number of hydrogen-bond donors (Lipinski definition) is 2. The number of ether oxygens (including phenoxy) is 3. The van der Waals surface area contributed by atoms with Gasteiger partial charge in [-0.2, -0.15) is 0 Å². The number of aromatic amines is 1. The van der Waals surface area contributed by atoms with E-state index in [1.165, 1.54) is 14.2 Å². The van der Waals surface area contributed by atoms with Crippen LogP contribution >= 0.6 is 11.6 Å². The van der Waals surface area contributed by atoms with Crippen molar-refractivity contribution in [1.29, 1.82) is 0 Å². The molecule has 3 rings (SSSR count). The van der Waals surface area contributed by atoms with E-state index in [1.54, 1.807) is 44.3 Å². The average Bonchev–Trinajstić information content (AvgIpc) is 3.19. The molecule has 2 atom stereocenters. The Balaban J connectivity index is 2.33. The Hall–Kier alpha value is -3.10. The highest BCUT2D eigenvalue weighted by atomic mass is 35.5. The molecule has 2 unspecified atom stereocenters. The maximum Gasteiger partial charge on any atom is 0.336 e. The Labute approximate surface area is 191 Å². The molecule has 0 saturated heterocycles. The van der Waals surface area contributed by atoms with Crippen LogP contribution in [-0.2, 0) is 23.8 Å². The Morgan fingerprint density at radius 1 is 1.16 bits per heavy atom. The number of nitrogens with zero attached hydrogens (tertiary/aromatic N) is 1. The summed E-state index contributed by atoms with van der Waals surface area (Å²) >= 11 is 6.53. The standard InChI is InChI=1S/C23H26ClN3O5/c1-6-32-23(29)18-17(14-9-7-8-10-15(14)24)16(22(28)31-5)13(3)27-19(18)20(30-4)21-25-11-12(2)26-21/h7-11,17,20,27H,6H2,1-5H3,(H,25,26). The summed E-state index contributed by atoms with van der Waals surface area (Å²) in [6.45, 7) is 5.47. The molecule has 8 nitrogen and oxygen atoms in total. The summed E-state index contributed by atoms with van der Waals surface area (Å²) in [4.78, 5) is 33.6. The minimum atomic E-state index is -0.833. The summed E-state index contributed by atoms with van der Waals surface area (Å²) < 4.78 is 16.2. The molecule has 0 amide bonds. The van der Waals surface area contributed by atoms with Gasteiger partial charge in [0.05, 0.1) is 36.5 Å². The first-order chi connectivity index (χ1) is 15.3. The van der Waals surface area contributed by atoms with Crippen molar-refractivity contribution in [2.45, 2.75) is 32.8 Å². The van der Waals surface area contributed by atoms with E-state index in [4.69, 9.17) is 25.8 Å². The van der Waals surface area contributed by atoms with Crippen molar-refractivity contribution in [2.24, 2.45) is 0 Å². The molecule has 0 saturated carbocycles. The molecule has 0 spiro atoms. The van der Waals surface area contributed by atoms with Gasteiger partial charge >= 0.3 is 11.9 Å². The fourth-order valence-corrected chi connectivity index (χ4v) is 4.07. The molecule has 0 aliphatic carbocycles. The Morgan fingerprint density at radius 2 is 1.88 bits per heavy atom. The molecule has 0 radical (unpaired) electrons. The molecular weight excluding hydrogens is 434 g/mol. The van der Waals surface area contributed by atoms with E-state index in [0.29, 0.717) is 27.8 Å². The van der Waals surface area contributed by atoms with Crippen LogP contribution in [0.3, 0.4) is 0 Å². The molecule has 1 aliphatic rings. The van der Waals surface area contributed by atoms with Crippen LogP contribution < -0.4 is 5.32 Å². The van der Waals surface area contributed by atoms with Gasteiger partial charge in [-0.25, -0.2) is 14.6 Å². The first kappa shape index (κ1) is 23.6. The van der Waals surface area contributed by atoms with Crippen molar-refractivity contribution >= 4 is 23.5 Å². The molecule has 32 heavy (non-hydrogen) atoms. The van der Waals surface area contributed by atoms with Gasteiger partial charge in [-0.05, 0) is 32.4 Å². The molecule has 1 aliphatic heterocycles. The van der Waals surface area contributed by atoms with Crippen molar-refractivity contribution < 1.29 is 23.8 Å². The van der Waals surface area contributed by atoms with Gasteiger partial charge in [0.2, 0.25) is 0 Å². The van der Waals surface area contributed by atoms with Gasteiger partial charge in [0.25, 0.3) is 0 Å². The predicted octanol–water partition coefficient (Wildman–Crippen LogP) is 3.71. The lowest BCUT2D eigenvalue weighted by atomic mass is 9.79. The van der Waals surface area contributed by atoms with Crippen molar-refractivity contribution in [3.63, 3.8) is 0 Å². The zero-order valence-corrected chi connectivity index (χ0v) is 19.4. The highest BCUT2D eigenvalue weighted by Gasteiger charge is 2.42. The third-order valence-electron chi connectivity index (χ3n) is 5.18. The number of benzene rings is 1. The van der Waals surface area contributed by atoms with E-state index < -0.39 is 24.0 Å². The van der Waals surface area contributed by atoms with Crippen LogP contribution in [0.1, 0.15) is 43.0 Å². The minimum Gasteiger partial charge on any atom is -0.466 e. The van der Waals surface area contributed by atoms with E-state index in [0.717, 1.165) is 5.69 Å². The lowest BCUT2D eigenvalue weighted by Gasteiger charge is -2.33. The number of H-pyrrole nitrogens is 1. The zero-order valence-electron chi connectivity index (χ0n) is 18.6. The molecule has 2 N–H and O–H groups in total. The molecule has 170 valence electrons. The van der Waals surface area contributed by atoms with Crippen LogP contribution in [-0.4, -0.2) is 42.7 Å². The first-order valence-electron chi connectivity index (χ1n) is 10.1. The van der Waals surface area contributed by atoms with Gasteiger partial charge in [0, 0.05) is 29.7 Å². The number of rotatable bonds is 7. The summed E-state index contributed by atoms with van der Waals surface area (Å²) in [6.07, 6.45) is 0.922. The molecule has 0 bridgehead atoms. The van der Waals surface area contributed by atoms with Crippen LogP contribution in [0.15, 0.2) is 53.0 Å². The third kappa shape index (κ3) is 4.42. The zero-order chi connectivity index (χ0) is 23.4. The number of carbonyl (C=O) groups is 2. The van der Waals surface area contributed by atoms with Gasteiger partial charge in [0.1, 0.15) is 5.82 Å². The number of hydrogen-bond acceptors (Lipinski definition) is 7. The van der Waals surface area contributed by atoms with E-state index in [-0.39, 0.29) is 17.8 Å². The van der Waals surface area contributed by atoms with Gasteiger partial charge in [0.15, 0.2) is 6.10 Å². The number of aryl methyl sites for hydroxylation is 1. The Morgan fingerprint density at radius 3 is 2.44 bits per heavy atom. The SMILES string of the molecule is CCOC(=O)C1=C(C(OC)c2ncc(C)[nH]2)NC(C)=C(C(=O)OC)C1c1ccccc1Cl. The minimum absolute atomic E-state index is 0.151. The Kier molecular flexibility index (Phi) is 7.37. The molecule has 1 aromatic carbocycles. The Bertz CT molecular complexity index is 1090. The average molecular weight is 460 g/mol. The fraction of sp³-hybridized carbons (Fsp3) is 0.348. The maximum atomic E-state index is 13.3. The topological polar surface area (TPSA) is 103 Å². The lowest BCUT2D eigenvalue weighted by Crippen LogP contribution is -2.36. The van der Waals surface area contributed by atoms with Gasteiger partial charge < -0.3 is 24.5 Å². The van der Waals surface area contributed by atoms with Crippen molar-refractivity contribution in [3.05, 3.63) is 75.1 Å². The number of allylic oxidation sites excluding steroid dienone is 1. The highest BCUT2D eigenvalue weighted by molar-refractivity contribution is 6.31. The van der Waals surface area contributed by atoms with E-state index in [1.807, 2.05) is 6.92 Å². The second-order valence-electron chi connectivity index (χ2n) is 7.22. The van der Waals surface area contributed by atoms with Crippen molar-refractivity contribution in [2.75, 3.05) is 20.8 Å². The quantitative estimate of drug-likeness (QED) is 0.608. The molecule has 0 fully saturated rings. The molecule has 9 heteroatoms. The summed E-state index contributed by atoms with van der Waals surface area (Å²) in [7, 11) is 2.80. The van der Waals surface area contributed by atoms with Crippen LogP contribution in [0, 0.1) is 6.92 Å². The number of methoxy groups -OCH3 is 2. The molecule has 1 aromatic heterocycles. The number of dihydropyridines is 1. The fourth-order valence-electron chi connectivity index (χ4n) is 3.83. The van der Waals surface area contributed by atoms with Crippen LogP contribution in [0.2, 0.25) is 5.02 Å². The van der Waals surface area contributed by atoms with E-state index in [2.05, 4.69) is 15.3 Å². The monoisotopic (exact) mass is 459 g/mol. The lowest BCUT2D eigenvalue weighted by molar-refractivity contribution is -0.139. The summed E-state index contributed by atoms with van der Waals surface area (Å²) in [6, 6.07) is 7.04. The number of imidazole rings is 1. The first-order valence-corrected chi connectivity index (χ1v) is 10.5. The normalized spacial score (nSPS) is 17.1. The number of halogens is 1. The maximum absolute atomic E-state index is 13.3. The van der Waals surface area contributed by atoms with Crippen molar-refractivity contribution in [3.8, 4) is 0 Å². The number of aromatic nitrogens is 2. The number of esters is 2.